The van der Waals surface area contributed by atoms with Crippen LogP contribution in [0, 0.1) is 0 Å². The maximum atomic E-state index is 10.6. The molecule has 1 unspecified atom stereocenters. The molecule has 1 saturated heterocycles. The van der Waals surface area contributed by atoms with E-state index in [0.717, 1.165) is 18.5 Å². The third kappa shape index (κ3) is 2.23. The summed E-state index contributed by atoms with van der Waals surface area (Å²) in [6, 6.07) is 5.60. The second kappa shape index (κ2) is 4.55. The van der Waals surface area contributed by atoms with Crippen LogP contribution in [0.4, 0.5) is 0 Å². The zero-order chi connectivity index (χ0) is 12.5. The van der Waals surface area contributed by atoms with Crippen LogP contribution in [0.2, 0.25) is 0 Å². The molecule has 1 aliphatic heterocycles. The van der Waals surface area contributed by atoms with Gasteiger partial charge >= 0.3 is 0 Å². The number of hydrogen-bond acceptors (Lipinski definition) is 4. The van der Waals surface area contributed by atoms with Gasteiger partial charge in [0.1, 0.15) is 5.60 Å². The molecule has 1 aromatic carbocycles. The smallest absolute Gasteiger partial charge is 0.161 e. The normalized spacial score (nSPS) is 24.9. The highest BCUT2D eigenvalue weighted by Gasteiger charge is 2.36. The van der Waals surface area contributed by atoms with Crippen molar-refractivity contribution in [2.75, 3.05) is 34.4 Å². The lowest BCUT2D eigenvalue weighted by molar-refractivity contribution is 0.0486. The van der Waals surface area contributed by atoms with E-state index < -0.39 is 5.60 Å². The van der Waals surface area contributed by atoms with Gasteiger partial charge in [0, 0.05) is 13.1 Å². The summed E-state index contributed by atoms with van der Waals surface area (Å²) in [5.74, 6) is 1.35. The molecule has 4 heteroatoms. The summed E-state index contributed by atoms with van der Waals surface area (Å²) in [5.41, 5.74) is 0.119. The summed E-state index contributed by atoms with van der Waals surface area (Å²) < 4.78 is 10.4. The van der Waals surface area contributed by atoms with Crippen LogP contribution >= 0.6 is 0 Å². The molecular formula is C13H19NO3. The largest absolute Gasteiger partial charge is 0.493 e. The van der Waals surface area contributed by atoms with Crippen molar-refractivity contribution in [1.82, 2.24) is 4.90 Å². The number of methoxy groups -OCH3 is 2. The Labute approximate surface area is 102 Å². The number of β-amino-alcohol motifs (C(OH)–C–C–N with tert-alkyl or cyclic N) is 1. The van der Waals surface area contributed by atoms with Crippen molar-refractivity contribution in [2.24, 2.45) is 0 Å². The van der Waals surface area contributed by atoms with E-state index in [9.17, 15) is 5.11 Å². The van der Waals surface area contributed by atoms with Crippen molar-refractivity contribution in [3.63, 3.8) is 0 Å². The molecule has 17 heavy (non-hydrogen) atoms. The van der Waals surface area contributed by atoms with E-state index in [0.29, 0.717) is 18.0 Å². The standard InChI is InChI=1S/C13H19NO3/c1-14-7-6-13(15,9-14)10-4-5-11(16-2)12(8-10)17-3/h4-5,8,15H,6-7,9H2,1-3H3. The summed E-state index contributed by atoms with van der Waals surface area (Å²) in [6.45, 7) is 1.56. The Hall–Kier alpha value is -1.26. The molecule has 1 aliphatic rings. The summed E-state index contributed by atoms with van der Waals surface area (Å²) in [7, 11) is 5.22. The number of benzene rings is 1. The minimum atomic E-state index is -0.770. The van der Waals surface area contributed by atoms with E-state index in [1.807, 2.05) is 25.2 Å². The molecule has 0 aliphatic carbocycles. The van der Waals surface area contributed by atoms with Gasteiger partial charge in [-0.25, -0.2) is 0 Å². The van der Waals surface area contributed by atoms with Gasteiger partial charge in [0.25, 0.3) is 0 Å². The molecule has 4 nitrogen and oxygen atoms in total. The van der Waals surface area contributed by atoms with Crippen molar-refractivity contribution in [2.45, 2.75) is 12.0 Å². The van der Waals surface area contributed by atoms with Gasteiger partial charge in [-0.15, -0.1) is 0 Å². The van der Waals surface area contributed by atoms with Crippen LogP contribution in [0.15, 0.2) is 18.2 Å². The predicted molar refractivity (Wildman–Crippen MR) is 65.6 cm³/mol. The van der Waals surface area contributed by atoms with Gasteiger partial charge < -0.3 is 19.5 Å². The van der Waals surface area contributed by atoms with Crippen molar-refractivity contribution in [1.29, 1.82) is 0 Å². The van der Waals surface area contributed by atoms with Gasteiger partial charge in [-0.3, -0.25) is 0 Å². The van der Waals surface area contributed by atoms with Crippen LogP contribution in [-0.2, 0) is 5.60 Å². The number of likely N-dealkylation sites (N-methyl/N-ethyl adjacent to an activating group) is 1. The van der Waals surface area contributed by atoms with E-state index in [2.05, 4.69) is 4.90 Å². The van der Waals surface area contributed by atoms with Crippen molar-refractivity contribution < 1.29 is 14.6 Å². The molecule has 0 radical (unpaired) electrons. The molecule has 1 N–H and O–H groups in total. The molecule has 1 fully saturated rings. The third-order valence-electron chi connectivity index (χ3n) is 3.36. The van der Waals surface area contributed by atoms with E-state index >= 15 is 0 Å². The van der Waals surface area contributed by atoms with Crippen LogP contribution in [0.1, 0.15) is 12.0 Å². The third-order valence-corrected chi connectivity index (χ3v) is 3.36. The quantitative estimate of drug-likeness (QED) is 0.858. The van der Waals surface area contributed by atoms with Gasteiger partial charge in [0.05, 0.1) is 14.2 Å². The highest BCUT2D eigenvalue weighted by atomic mass is 16.5. The first kappa shape index (κ1) is 12.2. The SMILES string of the molecule is COc1ccc(C2(O)CCN(C)C2)cc1OC. The summed E-state index contributed by atoms with van der Waals surface area (Å²) >= 11 is 0. The minimum Gasteiger partial charge on any atom is -0.493 e. The van der Waals surface area contributed by atoms with Gasteiger partial charge in [0.15, 0.2) is 11.5 Å². The second-order valence-electron chi connectivity index (χ2n) is 4.59. The molecule has 1 aromatic rings. The molecule has 0 saturated carbocycles. The Morgan fingerprint density at radius 2 is 1.94 bits per heavy atom. The highest BCUT2D eigenvalue weighted by molar-refractivity contribution is 5.44. The van der Waals surface area contributed by atoms with Crippen LogP contribution in [0.5, 0.6) is 11.5 Å². The van der Waals surface area contributed by atoms with Crippen LogP contribution in [0.3, 0.4) is 0 Å². The molecule has 1 atom stereocenters. The molecule has 0 bridgehead atoms. The van der Waals surface area contributed by atoms with E-state index in [-0.39, 0.29) is 0 Å². The number of likely N-dealkylation sites (tertiary alicyclic amines) is 1. The molecular weight excluding hydrogens is 218 g/mol. The maximum absolute atomic E-state index is 10.6. The molecule has 0 spiro atoms. The summed E-state index contributed by atoms with van der Waals surface area (Å²) in [5, 5.41) is 10.6. The van der Waals surface area contributed by atoms with Crippen LogP contribution in [-0.4, -0.2) is 44.4 Å². The number of aliphatic hydroxyl groups is 1. The van der Waals surface area contributed by atoms with Crippen molar-refractivity contribution in [3.05, 3.63) is 23.8 Å². The van der Waals surface area contributed by atoms with Gasteiger partial charge in [0.2, 0.25) is 0 Å². The van der Waals surface area contributed by atoms with Crippen LogP contribution < -0.4 is 9.47 Å². The molecule has 2 rings (SSSR count). The van der Waals surface area contributed by atoms with Gasteiger partial charge in [-0.2, -0.15) is 0 Å². The fourth-order valence-corrected chi connectivity index (χ4v) is 2.34. The molecule has 0 amide bonds. The van der Waals surface area contributed by atoms with Gasteiger partial charge in [-0.05, 0) is 31.2 Å². The Balaban J connectivity index is 2.33. The summed E-state index contributed by atoms with van der Waals surface area (Å²) in [6.07, 6.45) is 0.749. The first-order valence-electron chi connectivity index (χ1n) is 5.72. The van der Waals surface area contributed by atoms with Gasteiger partial charge in [-0.1, -0.05) is 6.07 Å². The Kier molecular flexibility index (Phi) is 3.26. The number of nitrogens with zero attached hydrogens (tertiary/aromatic N) is 1. The topological polar surface area (TPSA) is 41.9 Å². The molecule has 1 heterocycles. The fourth-order valence-electron chi connectivity index (χ4n) is 2.34. The predicted octanol–water partition coefficient (Wildman–Crippen LogP) is 1.23. The zero-order valence-corrected chi connectivity index (χ0v) is 10.6. The Morgan fingerprint density at radius 1 is 1.24 bits per heavy atom. The number of hydrogen-bond donors (Lipinski definition) is 1. The van der Waals surface area contributed by atoms with Crippen molar-refractivity contribution in [3.8, 4) is 11.5 Å². The minimum absolute atomic E-state index is 0.655. The Morgan fingerprint density at radius 3 is 2.47 bits per heavy atom. The van der Waals surface area contributed by atoms with Crippen LogP contribution in [0.25, 0.3) is 0 Å². The maximum Gasteiger partial charge on any atom is 0.161 e. The van der Waals surface area contributed by atoms with Crippen molar-refractivity contribution >= 4 is 0 Å². The van der Waals surface area contributed by atoms with E-state index in [1.165, 1.54) is 0 Å². The second-order valence-corrected chi connectivity index (χ2v) is 4.59. The monoisotopic (exact) mass is 237 g/mol. The first-order valence-corrected chi connectivity index (χ1v) is 5.72. The number of rotatable bonds is 3. The average molecular weight is 237 g/mol. The van der Waals surface area contributed by atoms with E-state index in [4.69, 9.17) is 9.47 Å². The lowest BCUT2D eigenvalue weighted by Gasteiger charge is -2.24. The first-order chi connectivity index (χ1) is 8.09. The Bertz CT molecular complexity index is 408. The lowest BCUT2D eigenvalue weighted by atomic mass is 9.93. The fraction of sp³-hybridized carbons (Fsp3) is 0.538. The van der Waals surface area contributed by atoms with E-state index in [1.54, 1.807) is 14.2 Å². The average Bonchev–Trinajstić information content (AvgIpc) is 2.69. The zero-order valence-electron chi connectivity index (χ0n) is 10.6. The summed E-state index contributed by atoms with van der Waals surface area (Å²) in [4.78, 5) is 2.12. The molecule has 0 aromatic heterocycles. The lowest BCUT2D eigenvalue weighted by Crippen LogP contribution is -2.29. The molecule has 94 valence electrons. The number of ether oxygens (including phenoxy) is 2. The highest BCUT2D eigenvalue weighted by Crippen LogP contribution is 2.36.